The highest BCUT2D eigenvalue weighted by Gasteiger charge is 2.33. The van der Waals surface area contributed by atoms with Gasteiger partial charge in [-0.05, 0) is 32.4 Å². The van der Waals surface area contributed by atoms with Crippen LogP contribution in [0.5, 0.6) is 0 Å². The van der Waals surface area contributed by atoms with E-state index in [9.17, 15) is 14.7 Å². The Morgan fingerprint density at radius 1 is 1.38 bits per heavy atom. The lowest BCUT2D eigenvalue weighted by molar-refractivity contribution is -0.155. The number of nitrogens with zero attached hydrogens (tertiary/aromatic N) is 1. The number of benzene rings is 1. The molecule has 0 radical (unpaired) electrons. The Labute approximate surface area is 139 Å². The number of nitrogens with one attached hydrogen (secondary N) is 1. The monoisotopic (exact) mass is 332 g/mol. The quantitative estimate of drug-likeness (QED) is 0.815. The van der Waals surface area contributed by atoms with E-state index >= 15 is 0 Å². The molecule has 1 unspecified atom stereocenters. The fraction of sp³-hybridized carbons (Fsp3) is 0.412. The minimum Gasteiger partial charge on any atom is -0.443 e. The van der Waals surface area contributed by atoms with Crippen LogP contribution in [0, 0.1) is 0 Å². The van der Waals surface area contributed by atoms with Crippen LogP contribution in [0.1, 0.15) is 26.3 Å². The molecule has 3 rings (SSSR count). The predicted octanol–water partition coefficient (Wildman–Crippen LogP) is 1.76. The van der Waals surface area contributed by atoms with Gasteiger partial charge in [0.2, 0.25) is 0 Å². The van der Waals surface area contributed by atoms with Gasteiger partial charge in [-0.1, -0.05) is 18.2 Å². The SMILES string of the molecule is CC(C)(C)OC(=O)n1cc(C[C@@H]2NC(O)OC2=O)c2ccccc21. The van der Waals surface area contributed by atoms with Crippen LogP contribution in [0.4, 0.5) is 4.79 Å². The zero-order valence-corrected chi connectivity index (χ0v) is 13.8. The van der Waals surface area contributed by atoms with Crippen molar-refractivity contribution in [2.45, 2.75) is 45.2 Å². The summed E-state index contributed by atoms with van der Waals surface area (Å²) in [5.74, 6) is -0.517. The Morgan fingerprint density at radius 3 is 2.71 bits per heavy atom. The molecular weight excluding hydrogens is 312 g/mol. The van der Waals surface area contributed by atoms with Crippen molar-refractivity contribution in [2.24, 2.45) is 0 Å². The molecular formula is C17H20N2O5. The number of rotatable bonds is 2. The van der Waals surface area contributed by atoms with Gasteiger partial charge < -0.3 is 14.6 Å². The lowest BCUT2D eigenvalue weighted by Crippen LogP contribution is -2.33. The Hall–Kier alpha value is -2.38. The van der Waals surface area contributed by atoms with E-state index in [0.29, 0.717) is 11.9 Å². The van der Waals surface area contributed by atoms with E-state index in [1.165, 1.54) is 4.57 Å². The summed E-state index contributed by atoms with van der Waals surface area (Å²) >= 11 is 0. The molecule has 1 aliphatic rings. The van der Waals surface area contributed by atoms with E-state index in [0.717, 1.165) is 10.9 Å². The second-order valence-corrected chi connectivity index (χ2v) is 6.73. The summed E-state index contributed by atoms with van der Waals surface area (Å²) in [6.45, 7) is 5.41. The zero-order chi connectivity index (χ0) is 17.5. The molecule has 0 amide bonds. The van der Waals surface area contributed by atoms with Gasteiger partial charge in [0.05, 0.1) is 5.52 Å². The summed E-state index contributed by atoms with van der Waals surface area (Å²) in [4.78, 5) is 24.1. The molecule has 1 aromatic heterocycles. The van der Waals surface area contributed by atoms with Crippen molar-refractivity contribution in [3.05, 3.63) is 36.0 Å². The average molecular weight is 332 g/mol. The van der Waals surface area contributed by atoms with Crippen molar-refractivity contribution in [2.75, 3.05) is 0 Å². The third-order valence-corrected chi connectivity index (χ3v) is 3.66. The zero-order valence-electron chi connectivity index (χ0n) is 13.8. The number of hydrogen-bond acceptors (Lipinski definition) is 6. The van der Waals surface area contributed by atoms with Gasteiger partial charge in [-0.3, -0.25) is 9.36 Å². The topological polar surface area (TPSA) is 89.8 Å². The average Bonchev–Trinajstić information content (AvgIpc) is 2.99. The van der Waals surface area contributed by atoms with E-state index in [-0.39, 0.29) is 0 Å². The van der Waals surface area contributed by atoms with Gasteiger partial charge in [-0.2, -0.15) is 0 Å². The lowest BCUT2D eigenvalue weighted by atomic mass is 10.1. The van der Waals surface area contributed by atoms with E-state index in [4.69, 9.17) is 4.74 Å². The van der Waals surface area contributed by atoms with E-state index in [1.807, 2.05) is 24.3 Å². The highest BCUT2D eigenvalue weighted by atomic mass is 16.7. The largest absolute Gasteiger partial charge is 0.443 e. The molecule has 0 saturated carbocycles. The number of esters is 1. The number of ether oxygens (including phenoxy) is 2. The maximum absolute atomic E-state index is 12.4. The van der Waals surface area contributed by atoms with E-state index in [2.05, 4.69) is 10.1 Å². The first-order valence-electron chi connectivity index (χ1n) is 7.71. The first-order chi connectivity index (χ1) is 11.2. The van der Waals surface area contributed by atoms with Crippen molar-refractivity contribution in [3.63, 3.8) is 0 Å². The molecule has 128 valence electrons. The van der Waals surface area contributed by atoms with Gasteiger partial charge in [-0.15, -0.1) is 0 Å². The summed E-state index contributed by atoms with van der Waals surface area (Å²) in [5.41, 5.74) is 0.887. The van der Waals surface area contributed by atoms with E-state index in [1.54, 1.807) is 27.0 Å². The van der Waals surface area contributed by atoms with Crippen LogP contribution in [-0.4, -0.2) is 39.8 Å². The number of para-hydroxylation sites is 1. The number of hydrogen-bond donors (Lipinski definition) is 2. The van der Waals surface area contributed by atoms with Crippen molar-refractivity contribution < 1.29 is 24.2 Å². The number of fused-ring (bicyclic) bond motifs is 1. The van der Waals surface area contributed by atoms with Crippen LogP contribution in [-0.2, 0) is 20.7 Å². The smallest absolute Gasteiger partial charge is 0.419 e. The van der Waals surface area contributed by atoms with Gasteiger partial charge in [0, 0.05) is 18.0 Å². The van der Waals surface area contributed by atoms with Crippen molar-refractivity contribution in [1.29, 1.82) is 0 Å². The van der Waals surface area contributed by atoms with Crippen molar-refractivity contribution >= 4 is 23.0 Å². The predicted molar refractivity (Wildman–Crippen MR) is 86.3 cm³/mol. The first kappa shape index (κ1) is 16.5. The molecule has 2 aromatic rings. The summed E-state index contributed by atoms with van der Waals surface area (Å²) < 4.78 is 11.6. The Kier molecular flexibility index (Phi) is 4.06. The Bertz CT molecular complexity index is 790. The molecule has 1 aliphatic heterocycles. The number of aromatic nitrogens is 1. The molecule has 0 aliphatic carbocycles. The van der Waals surface area contributed by atoms with Crippen LogP contribution >= 0.6 is 0 Å². The van der Waals surface area contributed by atoms with Crippen LogP contribution in [0.25, 0.3) is 10.9 Å². The Morgan fingerprint density at radius 2 is 2.08 bits per heavy atom. The molecule has 2 N–H and O–H groups in total. The standard InChI is InChI=1S/C17H20N2O5/c1-17(2,3)24-16(22)19-9-10(11-6-4-5-7-13(11)19)8-12-14(20)23-15(21)18-12/h4-7,9,12,15,18,21H,8H2,1-3H3/t12-,15?/m0/s1. The number of cyclic esters (lactones) is 1. The number of carbonyl (C=O) groups is 2. The lowest BCUT2D eigenvalue weighted by Gasteiger charge is -2.19. The molecule has 24 heavy (non-hydrogen) atoms. The summed E-state index contributed by atoms with van der Waals surface area (Å²) in [6, 6.07) is 6.73. The van der Waals surface area contributed by atoms with Crippen LogP contribution < -0.4 is 5.32 Å². The highest BCUT2D eigenvalue weighted by Crippen LogP contribution is 2.25. The van der Waals surface area contributed by atoms with E-state index < -0.39 is 30.1 Å². The molecule has 7 nitrogen and oxygen atoms in total. The first-order valence-corrected chi connectivity index (χ1v) is 7.71. The van der Waals surface area contributed by atoms with Crippen LogP contribution in [0.3, 0.4) is 0 Å². The summed E-state index contributed by atoms with van der Waals surface area (Å²) in [7, 11) is 0. The molecule has 1 aromatic carbocycles. The van der Waals surface area contributed by atoms with Gasteiger partial charge in [0.25, 0.3) is 6.41 Å². The fourth-order valence-electron chi connectivity index (χ4n) is 2.70. The molecule has 2 atom stereocenters. The highest BCUT2D eigenvalue weighted by molar-refractivity contribution is 5.92. The maximum Gasteiger partial charge on any atom is 0.419 e. The fourth-order valence-corrected chi connectivity index (χ4v) is 2.70. The van der Waals surface area contributed by atoms with Gasteiger partial charge >= 0.3 is 12.1 Å². The molecule has 1 fully saturated rings. The molecule has 0 spiro atoms. The van der Waals surface area contributed by atoms with Crippen LogP contribution in [0.15, 0.2) is 30.5 Å². The molecule has 0 bridgehead atoms. The third-order valence-electron chi connectivity index (χ3n) is 3.66. The minimum atomic E-state index is -1.29. The Balaban J connectivity index is 1.95. The number of aliphatic hydroxyl groups excluding tert-OH is 1. The second-order valence-electron chi connectivity index (χ2n) is 6.73. The minimum absolute atomic E-state index is 0.298. The van der Waals surface area contributed by atoms with Crippen molar-refractivity contribution in [3.8, 4) is 0 Å². The third kappa shape index (κ3) is 3.27. The number of aliphatic hydroxyl groups is 1. The molecule has 1 saturated heterocycles. The maximum atomic E-state index is 12.4. The normalized spacial score (nSPS) is 21.1. The van der Waals surface area contributed by atoms with Gasteiger partial charge in [0.15, 0.2) is 0 Å². The second kappa shape index (κ2) is 5.92. The summed E-state index contributed by atoms with van der Waals surface area (Å²) in [5, 5.41) is 12.8. The molecule has 7 heteroatoms. The van der Waals surface area contributed by atoms with Crippen molar-refractivity contribution in [1.82, 2.24) is 9.88 Å². The van der Waals surface area contributed by atoms with Gasteiger partial charge in [-0.25, -0.2) is 10.1 Å². The van der Waals surface area contributed by atoms with Gasteiger partial charge in [0.1, 0.15) is 11.6 Å². The van der Waals surface area contributed by atoms with Crippen LogP contribution in [0.2, 0.25) is 0 Å². The molecule has 2 heterocycles. The summed E-state index contributed by atoms with van der Waals surface area (Å²) in [6.07, 6.45) is 0.193. The number of carbonyl (C=O) groups excluding carboxylic acids is 2.